The third-order valence-electron chi connectivity index (χ3n) is 2.24. The molecule has 1 heterocycles. The number of nitrogens with zero attached hydrogens (tertiary/aromatic N) is 2. The lowest BCUT2D eigenvalue weighted by molar-refractivity contribution is 0.0579. The monoisotopic (exact) mass is 252 g/mol. The van der Waals surface area contributed by atoms with E-state index >= 15 is 0 Å². The molecule has 0 saturated heterocycles. The van der Waals surface area contributed by atoms with Crippen LogP contribution in [0.3, 0.4) is 0 Å². The number of ether oxygens (including phenoxy) is 1. The van der Waals surface area contributed by atoms with Gasteiger partial charge in [-0.05, 0) is 39.3 Å². The lowest BCUT2D eigenvalue weighted by Crippen LogP contribution is -2.42. The Kier molecular flexibility index (Phi) is 4.26. The summed E-state index contributed by atoms with van der Waals surface area (Å²) in [5.74, 6) is 6.00. The van der Waals surface area contributed by atoms with Crippen LogP contribution in [0.5, 0.6) is 0 Å². The first-order valence-electron chi connectivity index (χ1n) is 5.69. The summed E-state index contributed by atoms with van der Waals surface area (Å²) in [6.07, 6.45) is -0.644. The second kappa shape index (κ2) is 5.32. The highest BCUT2D eigenvalue weighted by atomic mass is 16.6. The number of carbonyl (C=O) groups is 1. The summed E-state index contributed by atoms with van der Waals surface area (Å²) in [6.45, 7) is 7.53. The molecular weight excluding hydrogens is 232 g/mol. The number of aromatic nitrogens is 1. The molecule has 0 saturated carbocycles. The molecule has 1 aromatic rings. The zero-order valence-electron chi connectivity index (χ0n) is 11.2. The van der Waals surface area contributed by atoms with Crippen molar-refractivity contribution in [2.75, 3.05) is 5.01 Å². The zero-order valence-corrected chi connectivity index (χ0v) is 11.2. The van der Waals surface area contributed by atoms with Crippen LogP contribution in [0.25, 0.3) is 0 Å². The molecule has 6 heteroatoms. The Morgan fingerprint density at radius 1 is 1.44 bits per heavy atom. The molecule has 0 unspecified atom stereocenters. The standard InChI is InChI=1S/C12H20N4O2/c1-8-9(7-13)5-6-10(15-8)16(14)11(17)18-12(2,3)4/h5-6H,7,13-14H2,1-4H3. The third-order valence-corrected chi connectivity index (χ3v) is 2.24. The first-order valence-corrected chi connectivity index (χ1v) is 5.69. The molecule has 6 nitrogen and oxygen atoms in total. The van der Waals surface area contributed by atoms with Crippen molar-refractivity contribution < 1.29 is 9.53 Å². The van der Waals surface area contributed by atoms with Gasteiger partial charge in [0.15, 0.2) is 5.82 Å². The van der Waals surface area contributed by atoms with Gasteiger partial charge >= 0.3 is 6.09 Å². The Balaban J connectivity index is 2.87. The van der Waals surface area contributed by atoms with Gasteiger partial charge in [0.2, 0.25) is 0 Å². The van der Waals surface area contributed by atoms with Crippen molar-refractivity contribution in [1.82, 2.24) is 4.98 Å². The molecule has 1 amide bonds. The van der Waals surface area contributed by atoms with Crippen molar-refractivity contribution in [3.05, 3.63) is 23.4 Å². The number of hydrazine groups is 1. The molecule has 0 aliphatic heterocycles. The maximum absolute atomic E-state index is 11.7. The van der Waals surface area contributed by atoms with Gasteiger partial charge in [-0.15, -0.1) is 0 Å². The summed E-state index contributed by atoms with van der Waals surface area (Å²) >= 11 is 0. The summed E-state index contributed by atoms with van der Waals surface area (Å²) < 4.78 is 5.15. The topological polar surface area (TPSA) is 94.5 Å². The van der Waals surface area contributed by atoms with Gasteiger partial charge in [-0.3, -0.25) is 0 Å². The van der Waals surface area contributed by atoms with Crippen molar-refractivity contribution in [3.8, 4) is 0 Å². The molecule has 0 atom stereocenters. The number of pyridine rings is 1. The van der Waals surface area contributed by atoms with Crippen molar-refractivity contribution in [3.63, 3.8) is 0 Å². The highest BCUT2D eigenvalue weighted by Gasteiger charge is 2.22. The van der Waals surface area contributed by atoms with Crippen LogP contribution in [0.2, 0.25) is 0 Å². The van der Waals surface area contributed by atoms with Crippen LogP contribution in [0.1, 0.15) is 32.0 Å². The lowest BCUT2D eigenvalue weighted by Gasteiger charge is -2.23. The van der Waals surface area contributed by atoms with Gasteiger partial charge in [-0.25, -0.2) is 15.6 Å². The number of anilines is 1. The minimum atomic E-state index is -0.644. The molecule has 0 fully saturated rings. The Hall–Kier alpha value is -1.66. The number of nitrogens with two attached hydrogens (primary N) is 2. The van der Waals surface area contributed by atoms with E-state index in [1.165, 1.54) is 0 Å². The average molecular weight is 252 g/mol. The number of hydrogen-bond acceptors (Lipinski definition) is 5. The molecule has 100 valence electrons. The first-order chi connectivity index (χ1) is 8.24. The zero-order chi connectivity index (χ0) is 13.9. The van der Waals surface area contributed by atoms with Crippen molar-refractivity contribution >= 4 is 11.9 Å². The van der Waals surface area contributed by atoms with E-state index in [1.54, 1.807) is 32.9 Å². The maximum Gasteiger partial charge on any atom is 0.430 e. The van der Waals surface area contributed by atoms with Gasteiger partial charge < -0.3 is 10.5 Å². The van der Waals surface area contributed by atoms with Crippen LogP contribution in [0.15, 0.2) is 12.1 Å². The quantitative estimate of drug-likeness (QED) is 0.472. The highest BCUT2D eigenvalue weighted by molar-refractivity contribution is 5.85. The summed E-state index contributed by atoms with van der Waals surface area (Å²) in [5, 5.41) is 0.887. The van der Waals surface area contributed by atoms with Crippen LogP contribution >= 0.6 is 0 Å². The molecule has 0 aliphatic rings. The summed E-state index contributed by atoms with van der Waals surface area (Å²) in [4.78, 5) is 16.0. The summed E-state index contributed by atoms with van der Waals surface area (Å²) in [7, 11) is 0. The predicted octanol–water partition coefficient (Wildman–Crippen LogP) is 1.46. The fraction of sp³-hybridized carbons (Fsp3) is 0.500. The summed E-state index contributed by atoms with van der Waals surface area (Å²) in [5.41, 5.74) is 6.60. The first kappa shape index (κ1) is 14.4. The minimum absolute atomic E-state index is 0.332. The average Bonchev–Trinajstić information content (AvgIpc) is 2.25. The van der Waals surface area contributed by atoms with Gasteiger partial charge in [-0.1, -0.05) is 6.07 Å². The van der Waals surface area contributed by atoms with E-state index < -0.39 is 11.7 Å². The Morgan fingerprint density at radius 2 is 2.06 bits per heavy atom. The smallest absolute Gasteiger partial charge is 0.430 e. The Morgan fingerprint density at radius 3 is 2.50 bits per heavy atom. The fourth-order valence-electron chi connectivity index (χ4n) is 1.33. The van der Waals surface area contributed by atoms with Crippen molar-refractivity contribution in [1.29, 1.82) is 0 Å². The number of aryl methyl sites for hydroxylation is 1. The van der Waals surface area contributed by atoms with Gasteiger partial charge in [-0.2, -0.15) is 5.01 Å². The number of amides is 1. The number of carbonyl (C=O) groups excluding carboxylic acids is 1. The molecule has 0 spiro atoms. The maximum atomic E-state index is 11.7. The van der Waals surface area contributed by atoms with Crippen molar-refractivity contribution in [2.24, 2.45) is 11.6 Å². The number of rotatable bonds is 2. The highest BCUT2D eigenvalue weighted by Crippen LogP contribution is 2.15. The van der Waals surface area contributed by atoms with E-state index in [-0.39, 0.29) is 0 Å². The van der Waals surface area contributed by atoms with Crippen LogP contribution in [-0.2, 0) is 11.3 Å². The molecule has 0 radical (unpaired) electrons. The molecule has 1 rings (SSSR count). The van der Waals surface area contributed by atoms with Crippen LogP contribution in [0.4, 0.5) is 10.6 Å². The van der Waals surface area contributed by atoms with Gasteiger partial charge in [0.05, 0.1) is 0 Å². The van der Waals surface area contributed by atoms with Gasteiger partial charge in [0.1, 0.15) is 5.60 Å². The van der Waals surface area contributed by atoms with Crippen LogP contribution < -0.4 is 16.6 Å². The van der Waals surface area contributed by atoms with E-state index in [0.717, 1.165) is 16.3 Å². The second-order valence-electron chi connectivity index (χ2n) is 4.97. The molecule has 0 bridgehead atoms. The molecule has 18 heavy (non-hydrogen) atoms. The number of hydrogen-bond donors (Lipinski definition) is 2. The molecule has 4 N–H and O–H groups in total. The fourth-order valence-corrected chi connectivity index (χ4v) is 1.33. The molecule has 1 aromatic heterocycles. The van der Waals surface area contributed by atoms with E-state index in [1.807, 2.05) is 6.92 Å². The predicted molar refractivity (Wildman–Crippen MR) is 69.8 cm³/mol. The van der Waals surface area contributed by atoms with E-state index in [9.17, 15) is 4.79 Å². The largest absolute Gasteiger partial charge is 0.442 e. The van der Waals surface area contributed by atoms with Gasteiger partial charge in [0, 0.05) is 12.2 Å². The van der Waals surface area contributed by atoms with E-state index in [2.05, 4.69) is 4.98 Å². The van der Waals surface area contributed by atoms with Crippen LogP contribution in [-0.4, -0.2) is 16.7 Å². The minimum Gasteiger partial charge on any atom is -0.442 e. The SMILES string of the molecule is Cc1nc(N(N)C(=O)OC(C)(C)C)ccc1CN. The Bertz CT molecular complexity index is 440. The molecular formula is C12H20N4O2. The van der Waals surface area contributed by atoms with E-state index in [4.69, 9.17) is 16.3 Å². The molecule has 0 aliphatic carbocycles. The van der Waals surface area contributed by atoms with Gasteiger partial charge in [0.25, 0.3) is 0 Å². The Labute approximate surface area is 107 Å². The third kappa shape index (κ3) is 3.68. The van der Waals surface area contributed by atoms with Crippen molar-refractivity contribution in [2.45, 2.75) is 39.8 Å². The van der Waals surface area contributed by atoms with E-state index in [0.29, 0.717) is 12.4 Å². The molecule has 0 aromatic carbocycles. The lowest BCUT2D eigenvalue weighted by atomic mass is 10.2. The second-order valence-corrected chi connectivity index (χ2v) is 4.97. The summed E-state index contributed by atoms with van der Waals surface area (Å²) in [6, 6.07) is 3.43. The normalized spacial score (nSPS) is 11.2. The van der Waals surface area contributed by atoms with Crippen LogP contribution in [0, 0.1) is 6.92 Å².